The third-order valence-electron chi connectivity index (χ3n) is 3.35. The van der Waals surface area contributed by atoms with Crippen LogP contribution in [0.5, 0.6) is 0 Å². The Kier molecular flexibility index (Phi) is 15.1. The molecule has 127 valence electrons. The van der Waals surface area contributed by atoms with E-state index in [1.165, 1.54) is 18.5 Å². The molecule has 0 amide bonds. The van der Waals surface area contributed by atoms with Gasteiger partial charge in [-0.1, -0.05) is 0 Å². The molecule has 1 heterocycles. The van der Waals surface area contributed by atoms with Crippen LogP contribution in [0.1, 0.15) is 20.8 Å². The SMILES string of the molecule is CC[PH+](CC)CC.OCC1O[C@H]([S-])C(O)[C@@H](O)[C@@H]1O.[Au]. The van der Waals surface area contributed by atoms with E-state index in [0.29, 0.717) is 0 Å². The summed E-state index contributed by atoms with van der Waals surface area (Å²) >= 11 is 4.63. The Morgan fingerprint density at radius 3 is 1.70 bits per heavy atom. The number of hydrogen-bond acceptors (Lipinski definition) is 6. The van der Waals surface area contributed by atoms with Crippen LogP contribution in [-0.2, 0) is 39.7 Å². The van der Waals surface area contributed by atoms with Gasteiger partial charge in [0.05, 0.1) is 31.2 Å². The number of aliphatic hydroxyl groups excluding tert-OH is 4. The van der Waals surface area contributed by atoms with E-state index in [1.54, 1.807) is 0 Å². The summed E-state index contributed by atoms with van der Waals surface area (Å²) in [5, 5.41) is 36.1. The predicted molar refractivity (Wildman–Crippen MR) is 81.1 cm³/mol. The number of aliphatic hydroxyl groups is 4. The van der Waals surface area contributed by atoms with Crippen molar-refractivity contribution in [1.29, 1.82) is 0 Å². The molecular formula is C12H27AuO5PS. The smallest absolute Gasteiger partial charge is 0.111 e. The topological polar surface area (TPSA) is 90.2 Å². The molecule has 20 heavy (non-hydrogen) atoms. The van der Waals surface area contributed by atoms with Crippen LogP contribution in [0.3, 0.4) is 0 Å². The fourth-order valence-electron chi connectivity index (χ4n) is 1.82. The summed E-state index contributed by atoms with van der Waals surface area (Å²) in [6.07, 6.45) is -0.459. The third-order valence-corrected chi connectivity index (χ3v) is 6.74. The largest absolute Gasteiger partial charge is 0.759 e. The van der Waals surface area contributed by atoms with Gasteiger partial charge in [-0.3, -0.25) is 0 Å². The second kappa shape index (κ2) is 12.8. The van der Waals surface area contributed by atoms with Crippen LogP contribution in [0.4, 0.5) is 0 Å². The standard InChI is InChI=1S/C6H12O5S.C6H15P.Au/c7-1-2-3(8)4(9)5(10)6(12)11-2;1-4-7(5-2)6-3;/h2-10,12H,1H2;4-6H2,1-3H3;/t2?,3-,4+,5?,6-;;/m1../s1. The number of hydrogen-bond donors (Lipinski definition) is 4. The van der Waals surface area contributed by atoms with Crippen LogP contribution in [0.2, 0.25) is 0 Å². The monoisotopic (exact) mass is 511 g/mol. The van der Waals surface area contributed by atoms with Crippen molar-refractivity contribution in [3.63, 3.8) is 0 Å². The van der Waals surface area contributed by atoms with Gasteiger partial charge in [-0.25, -0.2) is 0 Å². The van der Waals surface area contributed by atoms with Crippen LogP contribution in [0.25, 0.3) is 0 Å². The van der Waals surface area contributed by atoms with Crippen LogP contribution >= 0.6 is 7.92 Å². The van der Waals surface area contributed by atoms with Crippen molar-refractivity contribution in [2.75, 3.05) is 25.1 Å². The Labute approximate surface area is 143 Å². The molecule has 1 fully saturated rings. The van der Waals surface area contributed by atoms with Crippen molar-refractivity contribution >= 4 is 20.6 Å². The fourth-order valence-corrected chi connectivity index (χ4v) is 3.62. The summed E-state index contributed by atoms with van der Waals surface area (Å²) in [5.74, 6) is 0. The summed E-state index contributed by atoms with van der Waals surface area (Å²) in [7, 11) is 0.137. The van der Waals surface area contributed by atoms with Gasteiger partial charge < -0.3 is 37.8 Å². The van der Waals surface area contributed by atoms with Crippen molar-refractivity contribution in [3.05, 3.63) is 0 Å². The molecule has 0 saturated carbocycles. The molecule has 0 aromatic heterocycles. The van der Waals surface area contributed by atoms with E-state index in [0.717, 1.165) is 0 Å². The van der Waals surface area contributed by atoms with E-state index in [2.05, 4.69) is 33.4 Å². The molecule has 0 bridgehead atoms. The van der Waals surface area contributed by atoms with E-state index in [4.69, 9.17) is 20.1 Å². The van der Waals surface area contributed by atoms with Gasteiger partial charge in [0, 0.05) is 22.4 Å². The zero-order valence-corrected chi connectivity index (χ0v) is 16.1. The van der Waals surface area contributed by atoms with Crippen molar-refractivity contribution < 1.29 is 47.5 Å². The Morgan fingerprint density at radius 2 is 1.40 bits per heavy atom. The molecule has 0 aromatic rings. The maximum atomic E-state index is 9.18. The molecule has 5 nitrogen and oxygen atoms in total. The Balaban J connectivity index is 0. The minimum Gasteiger partial charge on any atom is -0.759 e. The summed E-state index contributed by atoms with van der Waals surface area (Å²) in [6, 6.07) is 0. The van der Waals surface area contributed by atoms with Gasteiger partial charge in [0.2, 0.25) is 0 Å². The zero-order chi connectivity index (χ0) is 15.0. The molecule has 1 aliphatic rings. The summed E-state index contributed by atoms with van der Waals surface area (Å²) < 4.78 is 4.84. The van der Waals surface area contributed by atoms with Gasteiger partial charge in [0.25, 0.3) is 0 Å². The van der Waals surface area contributed by atoms with Crippen molar-refractivity contribution in [2.45, 2.75) is 50.6 Å². The Hall–Kier alpha value is 1.32. The first-order chi connectivity index (χ1) is 8.92. The van der Waals surface area contributed by atoms with E-state index in [1.807, 2.05) is 0 Å². The summed E-state index contributed by atoms with van der Waals surface area (Å²) in [5.41, 5.74) is -0.986. The van der Waals surface area contributed by atoms with Gasteiger partial charge >= 0.3 is 0 Å². The predicted octanol–water partition coefficient (Wildman–Crippen LogP) is -0.409. The quantitative estimate of drug-likeness (QED) is 0.233. The molecule has 2 unspecified atom stereocenters. The second-order valence-electron chi connectivity index (χ2n) is 4.51. The Bertz CT molecular complexity index is 226. The van der Waals surface area contributed by atoms with Gasteiger partial charge in [-0.2, -0.15) is 0 Å². The first kappa shape index (κ1) is 23.6. The van der Waals surface area contributed by atoms with Gasteiger partial charge in [0.1, 0.15) is 18.3 Å². The average Bonchev–Trinajstić information content (AvgIpc) is 2.43. The maximum Gasteiger partial charge on any atom is 0.111 e. The molecule has 0 aliphatic carbocycles. The number of ether oxygens (including phenoxy) is 1. The first-order valence-corrected chi connectivity index (χ1v) is 9.31. The maximum absolute atomic E-state index is 9.18. The molecule has 0 aromatic carbocycles. The molecule has 4 N–H and O–H groups in total. The van der Waals surface area contributed by atoms with Gasteiger partial charge in [-0.15, -0.1) is 0 Å². The van der Waals surface area contributed by atoms with E-state index >= 15 is 0 Å². The van der Waals surface area contributed by atoms with Crippen LogP contribution in [0, 0.1) is 0 Å². The van der Waals surface area contributed by atoms with Crippen LogP contribution < -0.4 is 0 Å². The molecule has 1 rings (SSSR count). The molecule has 1 radical (unpaired) electrons. The second-order valence-corrected chi connectivity index (χ2v) is 8.59. The van der Waals surface area contributed by atoms with Crippen LogP contribution in [-0.4, -0.2) is 75.4 Å². The molecule has 5 atom stereocenters. The zero-order valence-electron chi connectivity index (χ0n) is 12.1. The fraction of sp³-hybridized carbons (Fsp3) is 1.00. The molecule has 8 heteroatoms. The van der Waals surface area contributed by atoms with Crippen molar-refractivity contribution in [3.8, 4) is 0 Å². The average molecular weight is 511 g/mol. The Morgan fingerprint density at radius 1 is 0.950 bits per heavy atom. The van der Waals surface area contributed by atoms with E-state index in [-0.39, 0.29) is 30.3 Å². The minimum atomic E-state index is -1.35. The molecule has 1 saturated heterocycles. The van der Waals surface area contributed by atoms with Gasteiger partial charge in [0.15, 0.2) is 0 Å². The third kappa shape index (κ3) is 7.54. The normalized spacial score (nSPS) is 33.1. The van der Waals surface area contributed by atoms with Crippen molar-refractivity contribution in [1.82, 2.24) is 0 Å². The van der Waals surface area contributed by atoms with E-state index < -0.39 is 36.5 Å². The van der Waals surface area contributed by atoms with Gasteiger partial charge in [-0.05, 0) is 34.1 Å². The molecule has 0 spiro atoms. The van der Waals surface area contributed by atoms with Crippen molar-refractivity contribution in [2.24, 2.45) is 0 Å². The van der Waals surface area contributed by atoms with Crippen LogP contribution in [0.15, 0.2) is 0 Å². The summed E-state index contributed by atoms with van der Waals surface area (Å²) in [6.45, 7) is 6.49. The van der Waals surface area contributed by atoms with E-state index in [9.17, 15) is 5.11 Å². The number of rotatable bonds is 4. The summed E-state index contributed by atoms with van der Waals surface area (Å²) in [4.78, 5) is 0. The molecular weight excluding hydrogens is 484 g/mol. The minimum absolute atomic E-state index is 0. The first-order valence-electron chi connectivity index (χ1n) is 6.72. The molecule has 1 aliphatic heterocycles.